The van der Waals surface area contributed by atoms with E-state index in [1.807, 2.05) is 0 Å². The van der Waals surface area contributed by atoms with Gasteiger partial charge in [-0.25, -0.2) is 8.42 Å². The first-order chi connectivity index (χ1) is 13.4. The summed E-state index contributed by atoms with van der Waals surface area (Å²) in [5.74, 6) is 1.53. The van der Waals surface area contributed by atoms with E-state index in [4.69, 9.17) is 25.8 Å². The van der Waals surface area contributed by atoms with Crippen LogP contribution < -0.4 is 18.9 Å². The van der Waals surface area contributed by atoms with E-state index in [9.17, 15) is 8.42 Å². The van der Waals surface area contributed by atoms with E-state index in [0.29, 0.717) is 33.5 Å². The van der Waals surface area contributed by atoms with Crippen LogP contribution in [-0.2, 0) is 10.0 Å². The van der Waals surface area contributed by atoms with Crippen molar-refractivity contribution in [1.29, 1.82) is 0 Å². The highest BCUT2D eigenvalue weighted by Crippen LogP contribution is 2.41. The highest BCUT2D eigenvalue weighted by Gasteiger charge is 2.18. The quantitative estimate of drug-likeness (QED) is 0.602. The number of benzene rings is 2. The number of ether oxygens (including phenoxy) is 3. The van der Waals surface area contributed by atoms with Gasteiger partial charge in [0, 0.05) is 16.7 Å². The molecule has 0 atom stereocenters. The number of aromatic amines is 1. The average Bonchev–Trinajstić information content (AvgIpc) is 3.14. The second-order valence-corrected chi connectivity index (χ2v) is 7.76. The summed E-state index contributed by atoms with van der Waals surface area (Å²) in [7, 11) is 0.745. The first-order valence-electron chi connectivity index (χ1n) is 8.02. The molecule has 2 N–H and O–H groups in total. The van der Waals surface area contributed by atoms with Crippen molar-refractivity contribution in [1.82, 2.24) is 10.2 Å². The Kier molecular flexibility index (Phi) is 5.66. The molecule has 2 aromatic carbocycles. The summed E-state index contributed by atoms with van der Waals surface area (Å²) in [6.07, 6.45) is 0. The van der Waals surface area contributed by atoms with Gasteiger partial charge in [0.2, 0.25) is 5.75 Å². The van der Waals surface area contributed by atoms with Gasteiger partial charge in [-0.2, -0.15) is 5.10 Å². The summed E-state index contributed by atoms with van der Waals surface area (Å²) in [4.78, 5) is 0.0780. The number of hydrogen-bond donors (Lipinski definition) is 2. The van der Waals surface area contributed by atoms with Gasteiger partial charge in [-0.05, 0) is 36.4 Å². The molecule has 0 saturated heterocycles. The summed E-state index contributed by atoms with van der Waals surface area (Å²) in [6.45, 7) is 0. The maximum absolute atomic E-state index is 12.5. The molecule has 28 heavy (non-hydrogen) atoms. The Morgan fingerprint density at radius 3 is 2.11 bits per heavy atom. The lowest BCUT2D eigenvalue weighted by atomic mass is 10.1. The van der Waals surface area contributed by atoms with E-state index in [0.717, 1.165) is 0 Å². The number of halogens is 1. The molecule has 0 saturated carbocycles. The van der Waals surface area contributed by atoms with Crippen LogP contribution in [0.2, 0.25) is 5.02 Å². The van der Waals surface area contributed by atoms with Crippen LogP contribution in [0, 0.1) is 0 Å². The van der Waals surface area contributed by atoms with Gasteiger partial charge in [-0.1, -0.05) is 11.6 Å². The maximum atomic E-state index is 12.5. The van der Waals surface area contributed by atoms with Crippen LogP contribution in [0.25, 0.3) is 11.3 Å². The summed E-state index contributed by atoms with van der Waals surface area (Å²) in [6, 6.07) is 10.9. The number of nitrogens with zero attached hydrogens (tertiary/aromatic N) is 1. The predicted octanol–water partition coefficient (Wildman–Crippen LogP) is 3.56. The number of hydrogen-bond acceptors (Lipinski definition) is 6. The van der Waals surface area contributed by atoms with E-state index in [-0.39, 0.29) is 10.7 Å². The van der Waals surface area contributed by atoms with Gasteiger partial charge >= 0.3 is 0 Å². The van der Waals surface area contributed by atoms with Crippen molar-refractivity contribution in [3.05, 3.63) is 47.5 Å². The van der Waals surface area contributed by atoms with Crippen LogP contribution in [0.15, 0.2) is 47.4 Å². The average molecular weight is 424 g/mol. The molecule has 0 fully saturated rings. The molecule has 0 unspecified atom stereocenters. The number of rotatable bonds is 7. The second kappa shape index (κ2) is 7.99. The standard InChI is InChI=1S/C18H18ClN3O5S/c1-25-15-8-11(9-16(26-2)18(15)27-3)14-10-17(21-20-14)22-28(23,24)13-6-4-12(19)5-7-13/h4-10H,1-3H3,(H2,20,21,22). The predicted molar refractivity (Wildman–Crippen MR) is 106 cm³/mol. The van der Waals surface area contributed by atoms with Crippen LogP contribution in [0.4, 0.5) is 5.82 Å². The molecule has 0 aliphatic heterocycles. The number of sulfonamides is 1. The molecular formula is C18H18ClN3O5S. The molecule has 1 aromatic heterocycles. The van der Waals surface area contributed by atoms with Gasteiger partial charge < -0.3 is 14.2 Å². The fraction of sp³-hybridized carbons (Fsp3) is 0.167. The third-order valence-electron chi connectivity index (χ3n) is 3.92. The van der Waals surface area contributed by atoms with Gasteiger partial charge in [-0.3, -0.25) is 9.82 Å². The van der Waals surface area contributed by atoms with E-state index >= 15 is 0 Å². The molecule has 3 aromatic rings. The lowest BCUT2D eigenvalue weighted by Gasteiger charge is -2.13. The smallest absolute Gasteiger partial charge is 0.263 e. The van der Waals surface area contributed by atoms with Crippen LogP contribution in [0.5, 0.6) is 17.2 Å². The van der Waals surface area contributed by atoms with E-state index in [1.165, 1.54) is 45.6 Å². The molecule has 0 bridgehead atoms. The third kappa shape index (κ3) is 4.00. The zero-order valence-corrected chi connectivity index (χ0v) is 16.9. The third-order valence-corrected chi connectivity index (χ3v) is 5.54. The number of methoxy groups -OCH3 is 3. The number of aromatic nitrogens is 2. The van der Waals surface area contributed by atoms with Gasteiger partial charge in [0.15, 0.2) is 17.3 Å². The van der Waals surface area contributed by atoms with Gasteiger partial charge in [0.1, 0.15) is 0 Å². The van der Waals surface area contributed by atoms with Crippen molar-refractivity contribution < 1.29 is 22.6 Å². The highest BCUT2D eigenvalue weighted by atomic mass is 35.5. The molecule has 0 aliphatic carbocycles. The summed E-state index contributed by atoms with van der Waals surface area (Å²) >= 11 is 5.80. The lowest BCUT2D eigenvalue weighted by Crippen LogP contribution is -2.13. The molecule has 0 amide bonds. The number of H-pyrrole nitrogens is 1. The van der Waals surface area contributed by atoms with Crippen molar-refractivity contribution in [3.63, 3.8) is 0 Å². The minimum Gasteiger partial charge on any atom is -0.493 e. The summed E-state index contributed by atoms with van der Waals surface area (Å²) in [5.41, 5.74) is 1.24. The van der Waals surface area contributed by atoms with E-state index < -0.39 is 10.0 Å². The molecule has 0 aliphatic rings. The number of anilines is 1. The molecule has 10 heteroatoms. The maximum Gasteiger partial charge on any atom is 0.263 e. The minimum absolute atomic E-state index is 0.0780. The topological polar surface area (TPSA) is 103 Å². The van der Waals surface area contributed by atoms with Crippen LogP contribution in [-0.4, -0.2) is 39.9 Å². The van der Waals surface area contributed by atoms with Crippen molar-refractivity contribution >= 4 is 27.4 Å². The van der Waals surface area contributed by atoms with Gasteiger partial charge in [0.25, 0.3) is 10.0 Å². The molecule has 0 spiro atoms. The molecule has 1 heterocycles. The fourth-order valence-electron chi connectivity index (χ4n) is 2.57. The van der Waals surface area contributed by atoms with E-state index in [1.54, 1.807) is 18.2 Å². The monoisotopic (exact) mass is 423 g/mol. The largest absolute Gasteiger partial charge is 0.493 e. The van der Waals surface area contributed by atoms with Crippen LogP contribution >= 0.6 is 11.6 Å². The fourth-order valence-corrected chi connectivity index (χ4v) is 3.69. The highest BCUT2D eigenvalue weighted by molar-refractivity contribution is 7.92. The Bertz CT molecular complexity index is 1060. The van der Waals surface area contributed by atoms with Gasteiger partial charge in [0.05, 0.1) is 31.9 Å². The normalized spacial score (nSPS) is 11.1. The Hall–Kier alpha value is -2.91. The first kappa shape index (κ1) is 19.8. The Morgan fingerprint density at radius 2 is 1.57 bits per heavy atom. The molecule has 148 valence electrons. The van der Waals surface area contributed by atoms with Gasteiger partial charge in [-0.15, -0.1) is 0 Å². The minimum atomic E-state index is -3.80. The van der Waals surface area contributed by atoms with Crippen molar-refractivity contribution in [2.24, 2.45) is 0 Å². The summed E-state index contributed by atoms with van der Waals surface area (Å²) in [5, 5.41) is 7.26. The van der Waals surface area contributed by atoms with Crippen molar-refractivity contribution in [2.75, 3.05) is 26.1 Å². The first-order valence-corrected chi connectivity index (χ1v) is 9.88. The Morgan fingerprint density at radius 1 is 0.964 bits per heavy atom. The zero-order chi connectivity index (χ0) is 20.3. The van der Waals surface area contributed by atoms with Crippen LogP contribution in [0.1, 0.15) is 0 Å². The van der Waals surface area contributed by atoms with Crippen molar-refractivity contribution in [3.8, 4) is 28.5 Å². The Balaban J connectivity index is 1.91. The molecule has 3 rings (SSSR count). The molecular weight excluding hydrogens is 406 g/mol. The summed E-state index contributed by atoms with van der Waals surface area (Å²) < 4.78 is 43.3. The van der Waals surface area contributed by atoms with Crippen molar-refractivity contribution in [2.45, 2.75) is 4.90 Å². The van der Waals surface area contributed by atoms with Crippen LogP contribution in [0.3, 0.4) is 0 Å². The lowest BCUT2D eigenvalue weighted by molar-refractivity contribution is 0.324. The SMILES string of the molecule is COc1cc(-c2cc(NS(=O)(=O)c3ccc(Cl)cc3)n[nH]2)cc(OC)c1OC. The molecule has 8 nitrogen and oxygen atoms in total. The molecule has 0 radical (unpaired) electrons. The zero-order valence-electron chi connectivity index (χ0n) is 15.3. The number of nitrogens with one attached hydrogen (secondary N) is 2. The Labute approximate surface area is 167 Å². The second-order valence-electron chi connectivity index (χ2n) is 5.64. The van der Waals surface area contributed by atoms with E-state index in [2.05, 4.69) is 14.9 Å².